The van der Waals surface area contributed by atoms with Crippen molar-refractivity contribution in [1.29, 1.82) is 0 Å². The summed E-state index contributed by atoms with van der Waals surface area (Å²) >= 11 is 6.25. The molecule has 0 unspecified atom stereocenters. The molecule has 192 valence electrons. The summed E-state index contributed by atoms with van der Waals surface area (Å²) in [4.78, 5) is 23.8. The van der Waals surface area contributed by atoms with Crippen LogP contribution in [0.1, 0.15) is 38.3 Å². The van der Waals surface area contributed by atoms with Crippen molar-refractivity contribution >= 4 is 17.6 Å². The first-order chi connectivity index (χ1) is 16.7. The van der Waals surface area contributed by atoms with E-state index in [-0.39, 0.29) is 40.9 Å². The molecular formula is C24H18ClF6NO4. The Morgan fingerprint density at radius 1 is 0.972 bits per heavy atom. The molecule has 1 aromatic heterocycles. The summed E-state index contributed by atoms with van der Waals surface area (Å²) in [5.74, 6) is -1.80. The van der Waals surface area contributed by atoms with Gasteiger partial charge in [0, 0.05) is 12.1 Å². The molecule has 5 nitrogen and oxygen atoms in total. The van der Waals surface area contributed by atoms with Gasteiger partial charge in [-0.25, -0.2) is 4.79 Å². The van der Waals surface area contributed by atoms with Gasteiger partial charge in [0.2, 0.25) is 0 Å². The Kier molecular flexibility index (Phi) is 7.73. The standard InChI is InChI=1S/C24H18ClF6NO4/c1-13-8-19(25)20(32(21(13)33)7-6-14-2-4-15(5-3-14)22(34)35)12-36-18-10-16(23(26,27)28)9-17(11-18)24(29,30)31/h2-5,8-11H,6-7,12H2,1H3,(H,34,35). The van der Waals surface area contributed by atoms with Gasteiger partial charge in [0.05, 0.1) is 27.4 Å². The summed E-state index contributed by atoms with van der Waals surface area (Å²) in [6.07, 6.45) is -9.83. The summed E-state index contributed by atoms with van der Waals surface area (Å²) in [5.41, 5.74) is -2.47. The summed E-state index contributed by atoms with van der Waals surface area (Å²) in [6.45, 7) is 0.964. The van der Waals surface area contributed by atoms with E-state index < -0.39 is 47.4 Å². The third kappa shape index (κ3) is 6.39. The lowest BCUT2D eigenvalue weighted by Crippen LogP contribution is -2.27. The van der Waals surface area contributed by atoms with Crippen molar-refractivity contribution in [2.75, 3.05) is 0 Å². The fourth-order valence-corrected chi connectivity index (χ4v) is 3.72. The molecule has 0 amide bonds. The van der Waals surface area contributed by atoms with E-state index in [0.717, 1.165) is 0 Å². The second-order valence-corrected chi connectivity index (χ2v) is 8.27. The number of aryl methyl sites for hydroxylation is 2. The fraction of sp³-hybridized carbons (Fsp3) is 0.250. The van der Waals surface area contributed by atoms with E-state index in [1.54, 1.807) is 12.1 Å². The van der Waals surface area contributed by atoms with E-state index >= 15 is 0 Å². The van der Waals surface area contributed by atoms with Gasteiger partial charge in [-0.05, 0) is 55.3 Å². The molecule has 0 saturated heterocycles. The molecule has 0 atom stereocenters. The molecule has 0 bridgehead atoms. The van der Waals surface area contributed by atoms with Gasteiger partial charge in [0.15, 0.2) is 0 Å². The van der Waals surface area contributed by atoms with Crippen LogP contribution < -0.4 is 10.3 Å². The first-order valence-electron chi connectivity index (χ1n) is 10.3. The molecule has 0 aliphatic rings. The molecule has 0 fully saturated rings. The molecule has 3 aromatic rings. The quantitative estimate of drug-likeness (QED) is 0.358. The first kappa shape index (κ1) is 27.1. The summed E-state index contributed by atoms with van der Waals surface area (Å²) in [5, 5.41) is 9.03. The number of carboxylic acid groups (broad SMARTS) is 1. The number of carboxylic acids is 1. The number of halogens is 7. The van der Waals surface area contributed by atoms with E-state index in [2.05, 4.69) is 0 Å². The average Bonchev–Trinajstić information content (AvgIpc) is 2.78. The third-order valence-corrected chi connectivity index (χ3v) is 5.62. The minimum Gasteiger partial charge on any atom is -0.487 e. The van der Waals surface area contributed by atoms with Crippen molar-refractivity contribution in [3.63, 3.8) is 0 Å². The van der Waals surface area contributed by atoms with Crippen molar-refractivity contribution in [3.05, 3.63) is 97.4 Å². The van der Waals surface area contributed by atoms with E-state index in [9.17, 15) is 35.9 Å². The Labute approximate surface area is 205 Å². The van der Waals surface area contributed by atoms with Gasteiger partial charge >= 0.3 is 18.3 Å². The predicted octanol–water partition coefficient (Wildman–Crippen LogP) is 6.37. The topological polar surface area (TPSA) is 68.5 Å². The number of aromatic carboxylic acids is 1. The Balaban J connectivity index is 1.91. The number of ether oxygens (including phenoxy) is 1. The Morgan fingerprint density at radius 2 is 1.53 bits per heavy atom. The number of aromatic nitrogens is 1. The van der Waals surface area contributed by atoms with Gasteiger partial charge in [0.1, 0.15) is 12.4 Å². The zero-order valence-electron chi connectivity index (χ0n) is 18.5. The van der Waals surface area contributed by atoms with Crippen molar-refractivity contribution in [2.24, 2.45) is 0 Å². The highest BCUT2D eigenvalue weighted by atomic mass is 35.5. The fourth-order valence-electron chi connectivity index (χ4n) is 3.40. The summed E-state index contributed by atoms with van der Waals surface area (Å²) in [7, 11) is 0. The Morgan fingerprint density at radius 3 is 2.03 bits per heavy atom. The molecule has 0 spiro atoms. The van der Waals surface area contributed by atoms with Crippen LogP contribution in [0.3, 0.4) is 0 Å². The lowest BCUT2D eigenvalue weighted by atomic mass is 10.1. The van der Waals surface area contributed by atoms with Crippen LogP contribution in [0.15, 0.2) is 53.3 Å². The molecule has 0 aliphatic heterocycles. The highest BCUT2D eigenvalue weighted by Gasteiger charge is 2.37. The van der Waals surface area contributed by atoms with Gasteiger partial charge in [-0.2, -0.15) is 26.3 Å². The van der Waals surface area contributed by atoms with Crippen LogP contribution in [0.25, 0.3) is 0 Å². The van der Waals surface area contributed by atoms with Crippen molar-refractivity contribution in [1.82, 2.24) is 4.57 Å². The van der Waals surface area contributed by atoms with Gasteiger partial charge < -0.3 is 14.4 Å². The maximum atomic E-state index is 13.1. The second-order valence-electron chi connectivity index (χ2n) is 7.86. The molecule has 0 aliphatic carbocycles. The highest BCUT2D eigenvalue weighted by Crippen LogP contribution is 2.38. The largest absolute Gasteiger partial charge is 0.487 e. The number of pyridine rings is 1. The first-order valence-corrected chi connectivity index (χ1v) is 10.7. The zero-order chi connectivity index (χ0) is 26.8. The van der Waals surface area contributed by atoms with E-state index in [0.29, 0.717) is 17.7 Å². The van der Waals surface area contributed by atoms with Crippen LogP contribution >= 0.6 is 11.6 Å². The summed E-state index contributed by atoms with van der Waals surface area (Å²) in [6, 6.07) is 8.07. The SMILES string of the molecule is Cc1cc(Cl)c(COc2cc(C(F)(F)F)cc(C(F)(F)F)c2)n(CCc2ccc(C(=O)O)cc2)c1=O. The molecule has 36 heavy (non-hydrogen) atoms. The lowest BCUT2D eigenvalue weighted by molar-refractivity contribution is -0.143. The Hall–Kier alpha value is -3.47. The molecule has 0 radical (unpaired) electrons. The monoisotopic (exact) mass is 533 g/mol. The van der Waals surface area contributed by atoms with Crippen LogP contribution in [-0.2, 0) is 31.9 Å². The highest BCUT2D eigenvalue weighted by molar-refractivity contribution is 6.31. The Bertz CT molecular complexity index is 1300. The van der Waals surface area contributed by atoms with Crippen LogP contribution in [0.4, 0.5) is 26.3 Å². The molecule has 1 N–H and O–H groups in total. The minimum absolute atomic E-state index is 0.0166. The van der Waals surface area contributed by atoms with Crippen molar-refractivity contribution in [2.45, 2.75) is 38.8 Å². The van der Waals surface area contributed by atoms with Gasteiger partial charge in [-0.15, -0.1) is 0 Å². The molecule has 3 rings (SSSR count). The molecular weight excluding hydrogens is 516 g/mol. The maximum absolute atomic E-state index is 13.1. The number of hydrogen-bond donors (Lipinski definition) is 1. The number of benzene rings is 2. The normalized spacial score (nSPS) is 12.0. The van der Waals surface area contributed by atoms with Crippen LogP contribution in [0.2, 0.25) is 5.02 Å². The van der Waals surface area contributed by atoms with Crippen molar-refractivity contribution in [3.8, 4) is 5.75 Å². The van der Waals surface area contributed by atoms with Gasteiger partial charge in [-0.3, -0.25) is 4.79 Å². The van der Waals surface area contributed by atoms with Crippen LogP contribution in [0.5, 0.6) is 5.75 Å². The van der Waals surface area contributed by atoms with E-state index in [1.807, 2.05) is 0 Å². The number of rotatable bonds is 7. The van der Waals surface area contributed by atoms with Crippen molar-refractivity contribution < 1.29 is 41.0 Å². The minimum atomic E-state index is -5.04. The molecule has 12 heteroatoms. The molecule has 1 heterocycles. The maximum Gasteiger partial charge on any atom is 0.416 e. The number of carbonyl (C=O) groups is 1. The smallest absolute Gasteiger partial charge is 0.416 e. The molecule has 2 aromatic carbocycles. The van der Waals surface area contributed by atoms with E-state index in [4.69, 9.17) is 21.4 Å². The van der Waals surface area contributed by atoms with Crippen LogP contribution in [-0.4, -0.2) is 15.6 Å². The average molecular weight is 534 g/mol. The zero-order valence-corrected chi connectivity index (χ0v) is 19.3. The van der Waals surface area contributed by atoms with E-state index in [1.165, 1.54) is 29.7 Å². The number of hydrogen-bond acceptors (Lipinski definition) is 3. The number of alkyl halides is 6. The number of nitrogens with zero attached hydrogens (tertiary/aromatic N) is 1. The predicted molar refractivity (Wildman–Crippen MR) is 118 cm³/mol. The van der Waals surface area contributed by atoms with Gasteiger partial charge in [-0.1, -0.05) is 23.7 Å². The second kappa shape index (κ2) is 10.3. The van der Waals surface area contributed by atoms with Crippen LogP contribution in [0, 0.1) is 6.92 Å². The summed E-state index contributed by atoms with van der Waals surface area (Å²) < 4.78 is 85.3. The molecule has 0 saturated carbocycles. The van der Waals surface area contributed by atoms with Gasteiger partial charge in [0.25, 0.3) is 5.56 Å². The third-order valence-electron chi connectivity index (χ3n) is 5.29. The lowest BCUT2D eigenvalue weighted by Gasteiger charge is -2.18.